The lowest BCUT2D eigenvalue weighted by Crippen LogP contribution is -2.38. The number of amides is 2. The van der Waals surface area contributed by atoms with Crippen LogP contribution in [0.15, 0.2) is 0 Å². The first-order chi connectivity index (χ1) is 9.65. The van der Waals surface area contributed by atoms with Gasteiger partial charge in [-0.15, -0.1) is 0 Å². The third-order valence-corrected chi connectivity index (χ3v) is 2.62. The topological polar surface area (TPSA) is 110 Å². The molecule has 0 saturated heterocycles. The van der Waals surface area contributed by atoms with E-state index in [0.29, 0.717) is 26.2 Å². The van der Waals surface area contributed by atoms with Gasteiger partial charge in [0, 0.05) is 38.5 Å². The van der Waals surface area contributed by atoms with Crippen LogP contribution in [0.2, 0.25) is 0 Å². The summed E-state index contributed by atoms with van der Waals surface area (Å²) in [5, 5.41) is 5.42. The summed E-state index contributed by atoms with van der Waals surface area (Å²) in [7, 11) is 0. The SMILES string of the molecule is CC.CCCCC(CC(=O)NCCN)C(=O)NCCN. The van der Waals surface area contributed by atoms with Crippen molar-refractivity contribution in [2.45, 2.75) is 46.5 Å². The van der Waals surface area contributed by atoms with Crippen LogP contribution in [0.25, 0.3) is 0 Å². The number of hydrogen-bond donors (Lipinski definition) is 4. The minimum atomic E-state index is -0.269. The van der Waals surface area contributed by atoms with Gasteiger partial charge in [0.2, 0.25) is 11.8 Å². The Balaban J connectivity index is 0. The lowest BCUT2D eigenvalue weighted by molar-refractivity contribution is -0.130. The van der Waals surface area contributed by atoms with E-state index in [4.69, 9.17) is 11.5 Å². The summed E-state index contributed by atoms with van der Waals surface area (Å²) < 4.78 is 0. The van der Waals surface area contributed by atoms with Gasteiger partial charge in [-0.05, 0) is 6.42 Å². The molecular formula is C14H32N4O2. The Morgan fingerprint density at radius 2 is 1.60 bits per heavy atom. The van der Waals surface area contributed by atoms with E-state index in [1.807, 2.05) is 13.8 Å². The Hall–Kier alpha value is -1.14. The third-order valence-electron chi connectivity index (χ3n) is 2.62. The minimum Gasteiger partial charge on any atom is -0.355 e. The predicted molar refractivity (Wildman–Crippen MR) is 83.1 cm³/mol. The molecule has 0 heterocycles. The second kappa shape index (κ2) is 15.9. The van der Waals surface area contributed by atoms with E-state index >= 15 is 0 Å². The Morgan fingerprint density at radius 1 is 1.05 bits per heavy atom. The maximum atomic E-state index is 11.8. The molecule has 0 aromatic carbocycles. The Bertz CT molecular complexity index is 247. The molecule has 0 aliphatic rings. The molecule has 0 aliphatic heterocycles. The molecule has 2 amide bonds. The van der Waals surface area contributed by atoms with Crippen LogP contribution in [0.3, 0.4) is 0 Å². The average molecular weight is 288 g/mol. The summed E-state index contributed by atoms with van der Waals surface area (Å²) in [6, 6.07) is 0. The lowest BCUT2D eigenvalue weighted by atomic mass is 9.97. The van der Waals surface area contributed by atoms with Gasteiger partial charge in [-0.3, -0.25) is 9.59 Å². The zero-order chi connectivity index (χ0) is 15.8. The van der Waals surface area contributed by atoms with Crippen LogP contribution in [-0.2, 0) is 9.59 Å². The number of nitrogens with one attached hydrogen (secondary N) is 2. The zero-order valence-electron chi connectivity index (χ0n) is 13.2. The van der Waals surface area contributed by atoms with Crippen LogP contribution >= 0.6 is 0 Å². The number of carbonyl (C=O) groups excluding carboxylic acids is 2. The van der Waals surface area contributed by atoms with Crippen LogP contribution in [0, 0.1) is 5.92 Å². The van der Waals surface area contributed by atoms with Gasteiger partial charge in [0.25, 0.3) is 0 Å². The largest absolute Gasteiger partial charge is 0.355 e. The molecule has 120 valence electrons. The smallest absolute Gasteiger partial charge is 0.223 e. The quantitative estimate of drug-likeness (QED) is 0.465. The minimum absolute atomic E-state index is 0.0863. The highest BCUT2D eigenvalue weighted by Crippen LogP contribution is 2.13. The maximum absolute atomic E-state index is 11.8. The number of hydrogen-bond acceptors (Lipinski definition) is 4. The highest BCUT2D eigenvalue weighted by molar-refractivity contribution is 5.85. The molecule has 0 aromatic rings. The van der Waals surface area contributed by atoms with Gasteiger partial charge in [-0.1, -0.05) is 33.6 Å². The fraction of sp³-hybridized carbons (Fsp3) is 0.857. The average Bonchev–Trinajstić information content (AvgIpc) is 2.48. The van der Waals surface area contributed by atoms with Crippen molar-refractivity contribution in [3.8, 4) is 0 Å². The molecule has 0 spiro atoms. The van der Waals surface area contributed by atoms with E-state index in [-0.39, 0.29) is 24.2 Å². The van der Waals surface area contributed by atoms with E-state index in [9.17, 15) is 9.59 Å². The molecule has 6 nitrogen and oxygen atoms in total. The molecule has 1 atom stereocenters. The molecule has 6 heteroatoms. The molecule has 1 unspecified atom stereocenters. The van der Waals surface area contributed by atoms with Crippen LogP contribution in [0.5, 0.6) is 0 Å². The zero-order valence-corrected chi connectivity index (χ0v) is 13.2. The van der Waals surface area contributed by atoms with E-state index in [1.54, 1.807) is 0 Å². The lowest BCUT2D eigenvalue weighted by Gasteiger charge is -2.16. The Morgan fingerprint density at radius 3 is 2.10 bits per heavy atom. The van der Waals surface area contributed by atoms with Gasteiger partial charge in [0.05, 0.1) is 0 Å². The van der Waals surface area contributed by atoms with Crippen molar-refractivity contribution in [1.29, 1.82) is 0 Å². The van der Waals surface area contributed by atoms with Gasteiger partial charge in [-0.2, -0.15) is 0 Å². The molecule has 0 radical (unpaired) electrons. The van der Waals surface area contributed by atoms with Crippen molar-refractivity contribution in [1.82, 2.24) is 10.6 Å². The van der Waals surface area contributed by atoms with Gasteiger partial charge in [-0.25, -0.2) is 0 Å². The second-order valence-corrected chi connectivity index (χ2v) is 4.26. The normalized spacial score (nSPS) is 11.1. The van der Waals surface area contributed by atoms with Crippen molar-refractivity contribution in [3.63, 3.8) is 0 Å². The van der Waals surface area contributed by atoms with Crippen molar-refractivity contribution >= 4 is 11.8 Å². The second-order valence-electron chi connectivity index (χ2n) is 4.26. The van der Waals surface area contributed by atoms with Gasteiger partial charge in [0.1, 0.15) is 0 Å². The molecule has 20 heavy (non-hydrogen) atoms. The first-order valence-corrected chi connectivity index (χ1v) is 7.60. The fourth-order valence-electron chi connectivity index (χ4n) is 1.62. The van der Waals surface area contributed by atoms with Gasteiger partial charge in [0.15, 0.2) is 0 Å². The fourth-order valence-corrected chi connectivity index (χ4v) is 1.62. The van der Waals surface area contributed by atoms with Crippen LogP contribution in [0.1, 0.15) is 46.5 Å². The Labute approximate surface area is 123 Å². The Kier molecular flexibility index (Phi) is 16.8. The molecule has 0 saturated carbocycles. The van der Waals surface area contributed by atoms with Crippen molar-refractivity contribution < 1.29 is 9.59 Å². The molecule has 0 fully saturated rings. The van der Waals surface area contributed by atoms with Crippen LogP contribution in [-0.4, -0.2) is 38.0 Å². The molecule has 0 rings (SSSR count). The van der Waals surface area contributed by atoms with Gasteiger partial charge < -0.3 is 22.1 Å². The summed E-state index contributed by atoms with van der Waals surface area (Å²) in [6.45, 7) is 7.77. The van der Waals surface area contributed by atoms with E-state index in [1.165, 1.54) is 0 Å². The number of carbonyl (C=O) groups is 2. The first kappa shape index (κ1) is 21.2. The first-order valence-electron chi connectivity index (χ1n) is 7.60. The monoisotopic (exact) mass is 288 g/mol. The maximum Gasteiger partial charge on any atom is 0.223 e. The summed E-state index contributed by atoms with van der Waals surface area (Å²) in [6.07, 6.45) is 2.88. The predicted octanol–water partition coefficient (Wildman–Crippen LogP) is 0.359. The van der Waals surface area contributed by atoms with Crippen molar-refractivity contribution in [2.24, 2.45) is 17.4 Å². The number of unbranched alkanes of at least 4 members (excludes halogenated alkanes) is 1. The summed E-state index contributed by atoms with van der Waals surface area (Å²) in [5.41, 5.74) is 10.6. The molecule has 0 aromatic heterocycles. The standard InChI is InChI=1S/C12H26N4O2.C2H6/c1-2-3-4-10(12(18)16-8-6-14)9-11(17)15-7-5-13;1-2/h10H,2-9,13-14H2,1H3,(H,15,17)(H,16,18);1-2H3. The van der Waals surface area contributed by atoms with Gasteiger partial charge >= 0.3 is 0 Å². The summed E-state index contributed by atoms with van der Waals surface area (Å²) >= 11 is 0. The summed E-state index contributed by atoms with van der Waals surface area (Å²) in [4.78, 5) is 23.4. The highest BCUT2D eigenvalue weighted by Gasteiger charge is 2.20. The van der Waals surface area contributed by atoms with E-state index < -0.39 is 0 Å². The van der Waals surface area contributed by atoms with Crippen molar-refractivity contribution in [3.05, 3.63) is 0 Å². The van der Waals surface area contributed by atoms with E-state index in [2.05, 4.69) is 17.6 Å². The molecule has 0 bridgehead atoms. The number of rotatable bonds is 10. The number of nitrogens with two attached hydrogens (primary N) is 2. The summed E-state index contributed by atoms with van der Waals surface area (Å²) in [5.74, 6) is -0.476. The third kappa shape index (κ3) is 11.9. The van der Waals surface area contributed by atoms with Crippen LogP contribution in [0.4, 0.5) is 0 Å². The van der Waals surface area contributed by atoms with Crippen LogP contribution < -0.4 is 22.1 Å². The molecule has 6 N–H and O–H groups in total. The van der Waals surface area contributed by atoms with E-state index in [0.717, 1.165) is 19.3 Å². The van der Waals surface area contributed by atoms with Crippen molar-refractivity contribution in [2.75, 3.05) is 26.2 Å². The molecular weight excluding hydrogens is 256 g/mol. The molecule has 0 aliphatic carbocycles. The highest BCUT2D eigenvalue weighted by atomic mass is 16.2.